The normalized spacial score (nSPS) is 12.0. The Balaban J connectivity index is 2.00. The van der Waals surface area contributed by atoms with E-state index in [-0.39, 0.29) is 17.9 Å². The molecule has 2 aromatic rings. The number of rotatable bonds is 5. The highest BCUT2D eigenvalue weighted by molar-refractivity contribution is 5.88. The van der Waals surface area contributed by atoms with E-state index in [9.17, 15) is 9.59 Å². The van der Waals surface area contributed by atoms with Crippen molar-refractivity contribution in [1.29, 1.82) is 0 Å². The molecule has 1 atom stereocenters. The summed E-state index contributed by atoms with van der Waals surface area (Å²) in [5.74, 6) is 0.196. The van der Waals surface area contributed by atoms with E-state index in [4.69, 9.17) is 0 Å². The van der Waals surface area contributed by atoms with Crippen molar-refractivity contribution in [3.63, 3.8) is 0 Å². The first-order valence-electron chi connectivity index (χ1n) is 7.46. The standard InChI is InChI=1S/C17H19N5O2/c1-11(14-4-6-15(7-5-14)19-12(2)23)21-22-16-8-9-17(18-10-16)20-13(3)24/h4-11H,1-3H3,(H,19,23)(H,18,20,24). The minimum Gasteiger partial charge on any atom is -0.326 e. The van der Waals surface area contributed by atoms with Gasteiger partial charge in [0.2, 0.25) is 11.8 Å². The van der Waals surface area contributed by atoms with Gasteiger partial charge in [-0.05, 0) is 36.8 Å². The Morgan fingerprint density at radius 1 is 1.00 bits per heavy atom. The van der Waals surface area contributed by atoms with Crippen molar-refractivity contribution in [2.75, 3.05) is 10.6 Å². The predicted molar refractivity (Wildman–Crippen MR) is 92.2 cm³/mol. The van der Waals surface area contributed by atoms with Crippen LogP contribution in [0.15, 0.2) is 52.8 Å². The smallest absolute Gasteiger partial charge is 0.222 e. The highest BCUT2D eigenvalue weighted by Gasteiger charge is 2.04. The van der Waals surface area contributed by atoms with Crippen molar-refractivity contribution < 1.29 is 9.59 Å². The Morgan fingerprint density at radius 3 is 2.21 bits per heavy atom. The monoisotopic (exact) mass is 325 g/mol. The maximum absolute atomic E-state index is 11.0. The molecule has 1 unspecified atom stereocenters. The highest BCUT2D eigenvalue weighted by Crippen LogP contribution is 2.22. The topological polar surface area (TPSA) is 95.8 Å². The van der Waals surface area contributed by atoms with Crippen LogP contribution in [0.3, 0.4) is 0 Å². The van der Waals surface area contributed by atoms with Crippen LogP contribution in [0.2, 0.25) is 0 Å². The van der Waals surface area contributed by atoms with Gasteiger partial charge in [-0.3, -0.25) is 9.59 Å². The molecule has 2 amide bonds. The van der Waals surface area contributed by atoms with Crippen LogP contribution in [0.25, 0.3) is 0 Å². The molecular weight excluding hydrogens is 306 g/mol. The second-order valence-corrected chi connectivity index (χ2v) is 5.28. The van der Waals surface area contributed by atoms with E-state index in [2.05, 4.69) is 25.8 Å². The lowest BCUT2D eigenvalue weighted by molar-refractivity contribution is -0.115. The summed E-state index contributed by atoms with van der Waals surface area (Å²) in [6, 6.07) is 10.7. The van der Waals surface area contributed by atoms with E-state index in [1.165, 1.54) is 13.8 Å². The molecule has 0 radical (unpaired) electrons. The molecule has 0 aliphatic heterocycles. The molecule has 0 aliphatic carbocycles. The molecule has 0 aliphatic rings. The quantitative estimate of drug-likeness (QED) is 0.817. The number of hydrogen-bond donors (Lipinski definition) is 2. The molecule has 2 N–H and O–H groups in total. The van der Waals surface area contributed by atoms with Gasteiger partial charge in [0.25, 0.3) is 0 Å². The summed E-state index contributed by atoms with van der Waals surface area (Å²) in [4.78, 5) is 26.0. The second kappa shape index (κ2) is 7.96. The molecule has 0 fully saturated rings. The Hall–Kier alpha value is -3.09. The van der Waals surface area contributed by atoms with Gasteiger partial charge in [0.05, 0.1) is 12.2 Å². The fraction of sp³-hybridized carbons (Fsp3) is 0.235. The van der Waals surface area contributed by atoms with E-state index < -0.39 is 0 Å². The molecular formula is C17H19N5O2. The lowest BCUT2D eigenvalue weighted by atomic mass is 10.1. The first-order chi connectivity index (χ1) is 11.4. The van der Waals surface area contributed by atoms with Crippen molar-refractivity contribution in [3.05, 3.63) is 48.2 Å². The number of aromatic nitrogens is 1. The van der Waals surface area contributed by atoms with Gasteiger partial charge in [0, 0.05) is 19.5 Å². The summed E-state index contributed by atoms with van der Waals surface area (Å²) in [6.45, 7) is 4.82. The molecule has 124 valence electrons. The van der Waals surface area contributed by atoms with Crippen LogP contribution in [0, 0.1) is 0 Å². The molecule has 1 heterocycles. The second-order valence-electron chi connectivity index (χ2n) is 5.28. The molecule has 7 nitrogen and oxygen atoms in total. The largest absolute Gasteiger partial charge is 0.326 e. The zero-order valence-corrected chi connectivity index (χ0v) is 13.8. The van der Waals surface area contributed by atoms with Crippen LogP contribution in [-0.2, 0) is 9.59 Å². The van der Waals surface area contributed by atoms with Crippen molar-refractivity contribution in [2.45, 2.75) is 26.8 Å². The van der Waals surface area contributed by atoms with E-state index in [0.29, 0.717) is 11.5 Å². The molecule has 0 spiro atoms. The lowest BCUT2D eigenvalue weighted by Crippen LogP contribution is -2.06. The van der Waals surface area contributed by atoms with Gasteiger partial charge in [0.1, 0.15) is 11.5 Å². The zero-order valence-electron chi connectivity index (χ0n) is 13.8. The third-order valence-corrected chi connectivity index (χ3v) is 3.11. The first kappa shape index (κ1) is 17.3. The number of azo groups is 1. The Labute approximate surface area is 140 Å². The van der Waals surface area contributed by atoms with Crippen LogP contribution < -0.4 is 10.6 Å². The maximum atomic E-state index is 11.0. The van der Waals surface area contributed by atoms with Crippen LogP contribution in [0.1, 0.15) is 32.4 Å². The zero-order chi connectivity index (χ0) is 17.5. The number of nitrogens with zero attached hydrogens (tertiary/aromatic N) is 3. The van der Waals surface area contributed by atoms with E-state index in [0.717, 1.165) is 11.3 Å². The fourth-order valence-electron chi connectivity index (χ4n) is 1.97. The Kier molecular flexibility index (Phi) is 5.73. The lowest BCUT2D eigenvalue weighted by Gasteiger charge is -2.07. The third-order valence-electron chi connectivity index (χ3n) is 3.11. The summed E-state index contributed by atoms with van der Waals surface area (Å²) in [5.41, 5.74) is 2.33. The molecule has 0 saturated carbocycles. The number of carbonyl (C=O) groups is 2. The van der Waals surface area contributed by atoms with Gasteiger partial charge in [0.15, 0.2) is 0 Å². The van der Waals surface area contributed by atoms with Crippen molar-refractivity contribution in [1.82, 2.24) is 4.98 Å². The minimum atomic E-state index is -0.173. The van der Waals surface area contributed by atoms with Crippen LogP contribution >= 0.6 is 0 Å². The van der Waals surface area contributed by atoms with E-state index >= 15 is 0 Å². The molecule has 0 bridgehead atoms. The Bertz CT molecular complexity index is 739. The summed E-state index contributed by atoms with van der Waals surface area (Å²) < 4.78 is 0. The molecule has 1 aromatic heterocycles. The molecule has 1 aromatic carbocycles. The van der Waals surface area contributed by atoms with E-state index in [1.807, 2.05) is 31.2 Å². The average Bonchev–Trinajstić information content (AvgIpc) is 2.53. The van der Waals surface area contributed by atoms with E-state index in [1.54, 1.807) is 18.3 Å². The van der Waals surface area contributed by atoms with Crippen molar-refractivity contribution >= 4 is 29.0 Å². The molecule has 24 heavy (non-hydrogen) atoms. The summed E-state index contributed by atoms with van der Waals surface area (Å²) in [6.07, 6.45) is 1.54. The van der Waals surface area contributed by atoms with Crippen LogP contribution in [-0.4, -0.2) is 16.8 Å². The third kappa shape index (κ3) is 5.28. The fourth-order valence-corrected chi connectivity index (χ4v) is 1.97. The number of amides is 2. The average molecular weight is 325 g/mol. The van der Waals surface area contributed by atoms with Crippen LogP contribution in [0.5, 0.6) is 0 Å². The van der Waals surface area contributed by atoms with Gasteiger partial charge in [-0.2, -0.15) is 10.2 Å². The number of hydrogen-bond acceptors (Lipinski definition) is 5. The molecule has 2 rings (SSSR count). The summed E-state index contributed by atoms with van der Waals surface area (Å²) in [5, 5.41) is 13.7. The van der Waals surface area contributed by atoms with Gasteiger partial charge in [-0.1, -0.05) is 12.1 Å². The Morgan fingerprint density at radius 2 is 1.67 bits per heavy atom. The summed E-state index contributed by atoms with van der Waals surface area (Å²) in [7, 11) is 0. The highest BCUT2D eigenvalue weighted by atomic mass is 16.2. The number of carbonyl (C=O) groups excluding carboxylic acids is 2. The predicted octanol–water partition coefficient (Wildman–Crippen LogP) is 3.84. The SMILES string of the molecule is CC(=O)Nc1ccc(C(C)N=Nc2ccc(NC(C)=O)nc2)cc1. The molecule has 7 heteroatoms. The van der Waals surface area contributed by atoms with Crippen molar-refractivity contribution in [2.24, 2.45) is 10.2 Å². The van der Waals surface area contributed by atoms with Gasteiger partial charge >= 0.3 is 0 Å². The summed E-state index contributed by atoms with van der Waals surface area (Å²) >= 11 is 0. The van der Waals surface area contributed by atoms with Gasteiger partial charge < -0.3 is 10.6 Å². The first-order valence-corrected chi connectivity index (χ1v) is 7.46. The number of pyridine rings is 1. The number of nitrogens with one attached hydrogen (secondary N) is 2. The van der Waals surface area contributed by atoms with Gasteiger partial charge in [-0.15, -0.1) is 0 Å². The van der Waals surface area contributed by atoms with Gasteiger partial charge in [-0.25, -0.2) is 4.98 Å². The number of benzene rings is 1. The molecule has 0 saturated heterocycles. The maximum Gasteiger partial charge on any atom is 0.222 e. The van der Waals surface area contributed by atoms with Crippen molar-refractivity contribution in [3.8, 4) is 0 Å². The van der Waals surface area contributed by atoms with Crippen LogP contribution in [0.4, 0.5) is 17.2 Å². The number of anilines is 2. The minimum absolute atomic E-state index is 0.106.